The van der Waals surface area contributed by atoms with Crippen molar-refractivity contribution >= 4 is 21.7 Å². The maximum Gasteiger partial charge on any atom is 0.166 e. The third-order valence-corrected chi connectivity index (χ3v) is 4.27. The van der Waals surface area contributed by atoms with Gasteiger partial charge in [-0.1, -0.05) is 42.6 Å². The molecule has 0 fully saturated rings. The Morgan fingerprint density at radius 2 is 1.67 bits per heavy atom. The fourth-order valence-electron chi connectivity index (χ4n) is 2.37. The molecule has 0 radical (unpaired) electrons. The van der Waals surface area contributed by atoms with E-state index >= 15 is 0 Å². The molecule has 0 aliphatic carbocycles. The van der Waals surface area contributed by atoms with Crippen LogP contribution < -0.4 is 0 Å². The van der Waals surface area contributed by atoms with E-state index in [9.17, 15) is 4.79 Å². The average Bonchev–Trinajstić information content (AvgIpc) is 2.33. The van der Waals surface area contributed by atoms with Gasteiger partial charge in [-0.2, -0.15) is 0 Å². The van der Waals surface area contributed by atoms with E-state index in [1.54, 1.807) is 0 Å². The molecule has 0 spiro atoms. The molecule has 0 aliphatic heterocycles. The molecule has 0 aliphatic rings. The summed E-state index contributed by atoms with van der Waals surface area (Å²) in [6, 6.07) is 4.08. The first-order chi connectivity index (χ1) is 8.51. The van der Waals surface area contributed by atoms with Crippen LogP contribution in [0.5, 0.6) is 0 Å². The smallest absolute Gasteiger partial charge is 0.166 e. The highest BCUT2D eigenvalue weighted by molar-refractivity contribution is 9.10. The van der Waals surface area contributed by atoms with E-state index in [0.29, 0.717) is 5.78 Å². The molecule has 0 saturated carbocycles. The average molecular weight is 311 g/mol. The Balaban J connectivity index is 3.04. The van der Waals surface area contributed by atoms with E-state index in [4.69, 9.17) is 0 Å². The molecule has 0 amide bonds. The molecule has 0 aromatic heterocycles. The predicted octanol–water partition coefficient (Wildman–Crippen LogP) is 5.47. The molecule has 0 unspecified atom stereocenters. The second-order valence-electron chi connectivity index (χ2n) is 5.05. The van der Waals surface area contributed by atoms with Crippen molar-refractivity contribution < 1.29 is 4.79 Å². The maximum absolute atomic E-state index is 12.6. The highest BCUT2D eigenvalue weighted by atomic mass is 79.9. The van der Waals surface area contributed by atoms with Crippen molar-refractivity contribution in [3.8, 4) is 0 Å². The molecule has 0 N–H and O–H groups in total. The van der Waals surface area contributed by atoms with Crippen LogP contribution in [0, 0.1) is 19.8 Å². The number of Topliss-reactive ketones (excluding diaryl/α,β-unsaturated/α-hetero) is 1. The van der Waals surface area contributed by atoms with E-state index in [1.807, 2.05) is 19.9 Å². The Hall–Kier alpha value is -0.630. The summed E-state index contributed by atoms with van der Waals surface area (Å²) in [7, 11) is 0. The van der Waals surface area contributed by atoms with E-state index < -0.39 is 0 Å². The standard InChI is InChI=1S/C16H23BrO/c1-5-7-13(8-6-2)16(18)14-9-12(4)15(17)10-11(14)3/h9-10,13H,5-8H2,1-4H3. The predicted molar refractivity (Wildman–Crippen MR) is 81.3 cm³/mol. The molecule has 1 aromatic rings. The van der Waals surface area contributed by atoms with Crippen LogP contribution >= 0.6 is 15.9 Å². The van der Waals surface area contributed by atoms with E-state index in [-0.39, 0.29) is 5.92 Å². The molecule has 0 heterocycles. The van der Waals surface area contributed by atoms with Gasteiger partial charge in [-0.25, -0.2) is 0 Å². The monoisotopic (exact) mass is 310 g/mol. The van der Waals surface area contributed by atoms with Crippen molar-refractivity contribution in [2.24, 2.45) is 5.92 Å². The second kappa shape index (κ2) is 7.08. The van der Waals surface area contributed by atoms with Crippen molar-refractivity contribution in [2.75, 3.05) is 0 Å². The lowest BCUT2D eigenvalue weighted by atomic mass is 9.87. The summed E-state index contributed by atoms with van der Waals surface area (Å²) in [5.41, 5.74) is 3.12. The Kier molecular flexibility index (Phi) is 6.07. The van der Waals surface area contributed by atoms with Crippen LogP contribution in [0.1, 0.15) is 61.0 Å². The largest absolute Gasteiger partial charge is 0.294 e. The van der Waals surface area contributed by atoms with Crippen LogP contribution in [-0.4, -0.2) is 5.78 Å². The van der Waals surface area contributed by atoms with Crippen LogP contribution in [0.3, 0.4) is 0 Å². The van der Waals surface area contributed by atoms with Gasteiger partial charge in [0.2, 0.25) is 0 Å². The molecule has 2 heteroatoms. The minimum atomic E-state index is 0.194. The quantitative estimate of drug-likeness (QED) is 0.637. The van der Waals surface area contributed by atoms with Gasteiger partial charge >= 0.3 is 0 Å². The zero-order valence-electron chi connectivity index (χ0n) is 11.8. The van der Waals surface area contributed by atoms with Crippen molar-refractivity contribution in [1.82, 2.24) is 0 Å². The Morgan fingerprint density at radius 1 is 1.11 bits per heavy atom. The SMILES string of the molecule is CCCC(CCC)C(=O)c1cc(C)c(Br)cc1C. The Morgan fingerprint density at radius 3 is 2.17 bits per heavy atom. The van der Waals surface area contributed by atoms with Crippen molar-refractivity contribution in [2.45, 2.75) is 53.4 Å². The molecule has 1 nitrogen and oxygen atoms in total. The number of benzene rings is 1. The van der Waals surface area contributed by atoms with Gasteiger partial charge in [0.15, 0.2) is 5.78 Å². The van der Waals surface area contributed by atoms with Gasteiger partial charge in [0, 0.05) is 16.0 Å². The highest BCUT2D eigenvalue weighted by Crippen LogP contribution is 2.26. The molecule has 18 heavy (non-hydrogen) atoms. The maximum atomic E-state index is 12.6. The van der Waals surface area contributed by atoms with E-state index in [0.717, 1.165) is 46.8 Å². The van der Waals surface area contributed by atoms with Gasteiger partial charge in [0.1, 0.15) is 0 Å². The second-order valence-corrected chi connectivity index (χ2v) is 5.91. The number of hydrogen-bond acceptors (Lipinski definition) is 1. The van der Waals surface area contributed by atoms with E-state index in [1.165, 1.54) is 0 Å². The van der Waals surface area contributed by atoms with E-state index in [2.05, 4.69) is 35.8 Å². The summed E-state index contributed by atoms with van der Waals surface area (Å²) in [6.45, 7) is 8.35. The number of hydrogen-bond donors (Lipinski definition) is 0. The summed E-state index contributed by atoms with van der Waals surface area (Å²) >= 11 is 3.52. The molecule has 0 bridgehead atoms. The lowest BCUT2D eigenvalue weighted by Gasteiger charge is -2.16. The van der Waals surface area contributed by atoms with Gasteiger partial charge in [-0.05, 0) is 49.9 Å². The normalized spacial score (nSPS) is 11.0. The molecule has 1 aromatic carbocycles. The van der Waals surface area contributed by atoms with Crippen LogP contribution in [0.15, 0.2) is 16.6 Å². The third kappa shape index (κ3) is 3.68. The number of carbonyl (C=O) groups is 1. The number of ketones is 1. The first-order valence-electron chi connectivity index (χ1n) is 6.82. The minimum Gasteiger partial charge on any atom is -0.294 e. The fraction of sp³-hybridized carbons (Fsp3) is 0.562. The molecule has 0 saturated heterocycles. The zero-order chi connectivity index (χ0) is 13.7. The number of halogens is 1. The van der Waals surface area contributed by atoms with Crippen LogP contribution in [0.2, 0.25) is 0 Å². The van der Waals surface area contributed by atoms with Gasteiger partial charge in [-0.15, -0.1) is 0 Å². The third-order valence-electron chi connectivity index (χ3n) is 3.42. The minimum absolute atomic E-state index is 0.194. The van der Waals surface area contributed by atoms with Crippen LogP contribution in [-0.2, 0) is 0 Å². The first-order valence-corrected chi connectivity index (χ1v) is 7.61. The van der Waals surface area contributed by atoms with Crippen molar-refractivity contribution in [3.63, 3.8) is 0 Å². The van der Waals surface area contributed by atoms with Gasteiger partial charge in [0.25, 0.3) is 0 Å². The van der Waals surface area contributed by atoms with Crippen LogP contribution in [0.4, 0.5) is 0 Å². The Bertz CT molecular complexity index is 417. The molecule has 0 atom stereocenters. The Labute approximate surface area is 119 Å². The summed E-state index contributed by atoms with van der Waals surface area (Å²) in [4.78, 5) is 12.6. The fourth-order valence-corrected chi connectivity index (χ4v) is 2.83. The zero-order valence-corrected chi connectivity index (χ0v) is 13.4. The summed E-state index contributed by atoms with van der Waals surface area (Å²) in [6.07, 6.45) is 4.15. The van der Waals surface area contributed by atoms with Crippen molar-refractivity contribution in [1.29, 1.82) is 0 Å². The van der Waals surface area contributed by atoms with Crippen LogP contribution in [0.25, 0.3) is 0 Å². The van der Waals surface area contributed by atoms with Crippen molar-refractivity contribution in [3.05, 3.63) is 33.3 Å². The lowest BCUT2D eigenvalue weighted by molar-refractivity contribution is 0.0904. The molecule has 100 valence electrons. The molecular formula is C16H23BrO. The topological polar surface area (TPSA) is 17.1 Å². The first kappa shape index (κ1) is 15.4. The molecular weight excluding hydrogens is 288 g/mol. The summed E-state index contributed by atoms with van der Waals surface area (Å²) in [5, 5.41) is 0. The van der Waals surface area contributed by atoms with Gasteiger partial charge in [0.05, 0.1) is 0 Å². The number of aryl methyl sites for hydroxylation is 2. The summed E-state index contributed by atoms with van der Waals surface area (Å²) in [5.74, 6) is 0.520. The summed E-state index contributed by atoms with van der Waals surface area (Å²) < 4.78 is 1.08. The van der Waals surface area contributed by atoms with Gasteiger partial charge in [-0.3, -0.25) is 4.79 Å². The highest BCUT2D eigenvalue weighted by Gasteiger charge is 2.20. The number of carbonyl (C=O) groups excluding carboxylic acids is 1. The molecule has 1 rings (SSSR count). The van der Waals surface area contributed by atoms with Gasteiger partial charge < -0.3 is 0 Å². The number of rotatable bonds is 6. The lowest BCUT2D eigenvalue weighted by Crippen LogP contribution is -2.16.